The van der Waals surface area contributed by atoms with E-state index < -0.39 is 5.60 Å². The van der Waals surface area contributed by atoms with E-state index in [-0.39, 0.29) is 6.09 Å². The van der Waals surface area contributed by atoms with E-state index >= 15 is 0 Å². The molecule has 0 saturated carbocycles. The Morgan fingerprint density at radius 2 is 2.05 bits per heavy atom. The molecule has 22 heavy (non-hydrogen) atoms. The number of rotatable bonds is 5. The van der Waals surface area contributed by atoms with Crippen molar-refractivity contribution < 1.29 is 9.53 Å². The third-order valence-corrected chi connectivity index (χ3v) is 4.24. The predicted molar refractivity (Wildman–Crippen MR) is 90.8 cm³/mol. The smallest absolute Gasteiger partial charge is 0.410 e. The van der Waals surface area contributed by atoms with Crippen molar-refractivity contribution in [2.75, 3.05) is 26.2 Å². The number of nitrogens with one attached hydrogen (secondary N) is 1. The van der Waals surface area contributed by atoms with E-state index in [0.29, 0.717) is 24.4 Å². The predicted octanol–water partition coefficient (Wildman–Crippen LogP) is 2.60. The van der Waals surface area contributed by atoms with Gasteiger partial charge in [-0.15, -0.1) is 0 Å². The van der Waals surface area contributed by atoms with Crippen LogP contribution in [0, 0.1) is 11.8 Å². The minimum Gasteiger partial charge on any atom is -0.444 e. The highest BCUT2D eigenvalue weighted by Crippen LogP contribution is 2.16. The molecule has 5 nitrogen and oxygen atoms in total. The highest BCUT2D eigenvalue weighted by atomic mass is 16.6. The Balaban J connectivity index is 2.53. The van der Waals surface area contributed by atoms with Crippen LogP contribution in [0.5, 0.6) is 0 Å². The third-order valence-electron chi connectivity index (χ3n) is 4.24. The van der Waals surface area contributed by atoms with Crippen molar-refractivity contribution in [1.29, 1.82) is 0 Å². The van der Waals surface area contributed by atoms with E-state index in [4.69, 9.17) is 10.5 Å². The van der Waals surface area contributed by atoms with Gasteiger partial charge < -0.3 is 20.7 Å². The summed E-state index contributed by atoms with van der Waals surface area (Å²) in [5.74, 6) is 1.06. The van der Waals surface area contributed by atoms with Gasteiger partial charge in [0.05, 0.1) is 0 Å². The van der Waals surface area contributed by atoms with E-state index in [2.05, 4.69) is 19.2 Å². The maximum atomic E-state index is 12.3. The molecule has 0 aromatic carbocycles. The van der Waals surface area contributed by atoms with Crippen LogP contribution in [0.3, 0.4) is 0 Å². The number of hydrogen-bond acceptors (Lipinski definition) is 4. The van der Waals surface area contributed by atoms with Gasteiger partial charge in [0, 0.05) is 19.1 Å². The first-order chi connectivity index (χ1) is 10.2. The maximum Gasteiger partial charge on any atom is 0.410 e. The number of ether oxygens (including phenoxy) is 1. The molecule has 0 radical (unpaired) electrons. The molecule has 2 atom stereocenters. The van der Waals surface area contributed by atoms with E-state index in [1.165, 1.54) is 0 Å². The zero-order valence-electron chi connectivity index (χ0n) is 15.0. The third kappa shape index (κ3) is 6.97. The lowest BCUT2D eigenvalue weighted by molar-refractivity contribution is 0.0243. The van der Waals surface area contributed by atoms with Crippen molar-refractivity contribution in [3.05, 3.63) is 0 Å². The number of nitrogens with zero attached hydrogens (tertiary/aromatic N) is 1. The largest absolute Gasteiger partial charge is 0.444 e. The molecule has 1 amide bonds. The summed E-state index contributed by atoms with van der Waals surface area (Å²) < 4.78 is 5.51. The van der Waals surface area contributed by atoms with Gasteiger partial charge in [-0.05, 0) is 58.5 Å². The van der Waals surface area contributed by atoms with Crippen molar-refractivity contribution in [2.45, 2.75) is 65.5 Å². The minimum atomic E-state index is -0.436. The highest BCUT2D eigenvalue weighted by Gasteiger charge is 2.26. The molecular weight excluding hydrogens is 278 g/mol. The zero-order valence-corrected chi connectivity index (χ0v) is 15.0. The second kappa shape index (κ2) is 8.73. The van der Waals surface area contributed by atoms with E-state index in [9.17, 15) is 4.79 Å². The topological polar surface area (TPSA) is 67.6 Å². The van der Waals surface area contributed by atoms with Gasteiger partial charge in [-0.2, -0.15) is 0 Å². The van der Waals surface area contributed by atoms with Gasteiger partial charge in [0.15, 0.2) is 0 Å². The first-order valence-corrected chi connectivity index (χ1v) is 8.64. The average Bonchev–Trinajstić information content (AvgIpc) is 2.62. The molecule has 1 aliphatic rings. The summed E-state index contributed by atoms with van der Waals surface area (Å²) in [5.41, 5.74) is 5.40. The van der Waals surface area contributed by atoms with Crippen LogP contribution < -0.4 is 11.1 Å². The first kappa shape index (κ1) is 19.2. The Kier molecular flexibility index (Phi) is 7.63. The molecule has 2 unspecified atom stereocenters. The Bertz CT molecular complexity index is 339. The summed E-state index contributed by atoms with van der Waals surface area (Å²) in [6.45, 7) is 13.3. The molecule has 3 N–H and O–H groups in total. The van der Waals surface area contributed by atoms with Crippen LogP contribution in [0.4, 0.5) is 4.79 Å². The molecule has 130 valence electrons. The number of carbonyl (C=O) groups excluding carboxylic acids is 1. The molecule has 1 heterocycles. The SMILES string of the molecule is CC(C)C(CN)CNC1CCCCN(C(=O)OC(C)(C)C)C1. The van der Waals surface area contributed by atoms with Gasteiger partial charge >= 0.3 is 6.09 Å². The monoisotopic (exact) mass is 313 g/mol. The second-order valence-corrected chi connectivity index (χ2v) is 7.77. The van der Waals surface area contributed by atoms with Crippen LogP contribution in [-0.2, 0) is 4.74 Å². The molecule has 0 bridgehead atoms. The van der Waals surface area contributed by atoms with Gasteiger partial charge in [-0.3, -0.25) is 0 Å². The summed E-state index contributed by atoms with van der Waals surface area (Å²) >= 11 is 0. The fourth-order valence-electron chi connectivity index (χ4n) is 2.71. The van der Waals surface area contributed by atoms with Crippen LogP contribution in [0.2, 0.25) is 0 Å². The number of carbonyl (C=O) groups is 1. The van der Waals surface area contributed by atoms with Gasteiger partial charge in [-0.1, -0.05) is 20.3 Å². The molecule has 1 rings (SSSR count). The van der Waals surface area contributed by atoms with Crippen molar-refractivity contribution in [2.24, 2.45) is 17.6 Å². The van der Waals surface area contributed by atoms with Gasteiger partial charge in [0.2, 0.25) is 0 Å². The summed E-state index contributed by atoms with van der Waals surface area (Å²) in [6, 6.07) is 0.336. The zero-order chi connectivity index (χ0) is 16.8. The molecule has 0 aromatic rings. The Morgan fingerprint density at radius 3 is 2.59 bits per heavy atom. The number of hydrogen-bond donors (Lipinski definition) is 2. The summed E-state index contributed by atoms with van der Waals surface area (Å²) in [4.78, 5) is 14.1. The summed E-state index contributed by atoms with van der Waals surface area (Å²) in [5, 5.41) is 3.61. The second-order valence-electron chi connectivity index (χ2n) is 7.77. The van der Waals surface area contributed by atoms with Crippen LogP contribution >= 0.6 is 0 Å². The van der Waals surface area contributed by atoms with Gasteiger partial charge in [0.25, 0.3) is 0 Å². The van der Waals surface area contributed by atoms with Crippen LogP contribution in [-0.4, -0.2) is 48.8 Å². The highest BCUT2D eigenvalue weighted by molar-refractivity contribution is 5.68. The lowest BCUT2D eigenvalue weighted by Gasteiger charge is -2.29. The van der Waals surface area contributed by atoms with E-state index in [1.54, 1.807) is 0 Å². The van der Waals surface area contributed by atoms with Gasteiger partial charge in [-0.25, -0.2) is 4.79 Å². The van der Waals surface area contributed by atoms with E-state index in [1.807, 2.05) is 25.7 Å². The molecule has 0 aromatic heterocycles. The molecule has 0 spiro atoms. The molecule has 0 aliphatic carbocycles. The molecule has 1 aliphatic heterocycles. The van der Waals surface area contributed by atoms with Crippen LogP contribution in [0.15, 0.2) is 0 Å². The van der Waals surface area contributed by atoms with Crippen molar-refractivity contribution >= 4 is 6.09 Å². The normalized spacial score (nSPS) is 21.6. The van der Waals surface area contributed by atoms with Crippen LogP contribution in [0.25, 0.3) is 0 Å². The summed E-state index contributed by atoms with van der Waals surface area (Å²) in [7, 11) is 0. The Labute approximate surface area is 135 Å². The Hall–Kier alpha value is -0.810. The Morgan fingerprint density at radius 1 is 1.36 bits per heavy atom. The molecular formula is C17H35N3O2. The van der Waals surface area contributed by atoms with Gasteiger partial charge in [0.1, 0.15) is 5.60 Å². The standard InChI is InChI=1S/C17H35N3O2/c1-13(2)14(10-18)11-19-15-8-6-7-9-20(12-15)16(21)22-17(3,4)5/h13-15,19H,6-12,18H2,1-5H3. The maximum absolute atomic E-state index is 12.3. The lowest BCUT2D eigenvalue weighted by Crippen LogP contribution is -2.46. The molecule has 5 heteroatoms. The fraction of sp³-hybridized carbons (Fsp3) is 0.941. The summed E-state index contributed by atoms with van der Waals surface area (Å²) in [6.07, 6.45) is 3.10. The van der Waals surface area contributed by atoms with Crippen molar-refractivity contribution in [1.82, 2.24) is 10.2 Å². The van der Waals surface area contributed by atoms with Crippen molar-refractivity contribution in [3.63, 3.8) is 0 Å². The molecule has 1 fully saturated rings. The average molecular weight is 313 g/mol. The fourth-order valence-corrected chi connectivity index (χ4v) is 2.71. The van der Waals surface area contributed by atoms with Crippen LogP contribution in [0.1, 0.15) is 53.9 Å². The van der Waals surface area contributed by atoms with Crippen molar-refractivity contribution in [3.8, 4) is 0 Å². The minimum absolute atomic E-state index is 0.194. The first-order valence-electron chi connectivity index (χ1n) is 8.64. The number of nitrogens with two attached hydrogens (primary N) is 1. The number of likely N-dealkylation sites (tertiary alicyclic amines) is 1. The quantitative estimate of drug-likeness (QED) is 0.818. The molecule has 1 saturated heterocycles. The number of amides is 1. The van der Waals surface area contributed by atoms with E-state index in [0.717, 1.165) is 38.9 Å². The lowest BCUT2D eigenvalue weighted by atomic mass is 9.95.